The van der Waals surface area contributed by atoms with E-state index in [-0.39, 0.29) is 0 Å². The van der Waals surface area contributed by atoms with Crippen molar-refractivity contribution < 1.29 is 0 Å². The van der Waals surface area contributed by atoms with Crippen molar-refractivity contribution in [3.8, 4) is 5.69 Å². The molecule has 3 rings (SSSR count). The van der Waals surface area contributed by atoms with Crippen molar-refractivity contribution in [2.75, 3.05) is 0 Å². The number of hydrogen-bond acceptors (Lipinski definition) is 1. The molecule has 2 aromatic carbocycles. The Labute approximate surface area is 131 Å². The zero-order valence-corrected chi connectivity index (χ0v) is 13.0. The third kappa shape index (κ3) is 3.17. The van der Waals surface area contributed by atoms with Gasteiger partial charge in [-0.25, -0.2) is 0 Å². The molecule has 0 atom stereocenters. The third-order valence-corrected chi connectivity index (χ3v) is 3.72. The number of nitrogens with zero attached hydrogens (tertiary/aromatic N) is 2. The maximum atomic E-state index is 4.59. The number of aromatic nitrogens is 1. The lowest BCUT2D eigenvalue weighted by Crippen LogP contribution is -1.97. The summed E-state index contributed by atoms with van der Waals surface area (Å²) in [4.78, 5) is 4.59. The molecule has 3 aromatic rings. The van der Waals surface area contributed by atoms with Crippen LogP contribution < -0.4 is 0 Å². The molecule has 0 saturated heterocycles. The first kappa shape index (κ1) is 14.3. The van der Waals surface area contributed by atoms with Crippen LogP contribution in [0.25, 0.3) is 5.69 Å². The van der Waals surface area contributed by atoms with E-state index < -0.39 is 0 Å². The molecule has 0 spiro atoms. The Morgan fingerprint density at radius 1 is 0.864 bits per heavy atom. The summed E-state index contributed by atoms with van der Waals surface area (Å²) in [7, 11) is 0. The Hall–Kier alpha value is -2.61. The molecule has 0 amide bonds. The van der Waals surface area contributed by atoms with Crippen molar-refractivity contribution in [3.05, 3.63) is 84.2 Å². The molecule has 0 aliphatic heterocycles. The number of benzene rings is 2. The predicted molar refractivity (Wildman–Crippen MR) is 93.6 cm³/mol. The number of rotatable bonds is 4. The molecule has 0 radical (unpaired) electrons. The number of aliphatic imine (C=N–C) groups is 1. The summed E-state index contributed by atoms with van der Waals surface area (Å²) in [6.45, 7) is 4.40. The van der Waals surface area contributed by atoms with Gasteiger partial charge in [-0.15, -0.1) is 0 Å². The highest BCUT2D eigenvalue weighted by Crippen LogP contribution is 2.19. The van der Waals surface area contributed by atoms with Gasteiger partial charge in [0.2, 0.25) is 0 Å². The third-order valence-electron chi connectivity index (χ3n) is 3.72. The van der Waals surface area contributed by atoms with Crippen LogP contribution in [0.1, 0.15) is 31.0 Å². The highest BCUT2D eigenvalue weighted by atomic mass is 15.0. The van der Waals surface area contributed by atoms with E-state index in [4.69, 9.17) is 0 Å². The standard InChI is InChI=1S/C20H20N2/c1-16(2)17-10-12-18(13-11-17)21-15-20-9-6-14-22(20)19-7-4-3-5-8-19/h3-16H,1-2H3. The molecule has 0 aliphatic rings. The summed E-state index contributed by atoms with van der Waals surface area (Å²) in [5, 5.41) is 0. The van der Waals surface area contributed by atoms with E-state index in [9.17, 15) is 0 Å². The summed E-state index contributed by atoms with van der Waals surface area (Å²) in [5.74, 6) is 0.549. The highest BCUT2D eigenvalue weighted by molar-refractivity contribution is 5.81. The quantitative estimate of drug-likeness (QED) is 0.576. The highest BCUT2D eigenvalue weighted by Gasteiger charge is 2.01. The molecule has 0 aliphatic carbocycles. The Balaban J connectivity index is 1.83. The minimum atomic E-state index is 0.549. The van der Waals surface area contributed by atoms with E-state index in [2.05, 4.69) is 72.1 Å². The summed E-state index contributed by atoms with van der Waals surface area (Å²) < 4.78 is 2.13. The molecule has 2 heteroatoms. The van der Waals surface area contributed by atoms with Gasteiger partial charge >= 0.3 is 0 Å². The van der Waals surface area contributed by atoms with E-state index in [0.29, 0.717) is 5.92 Å². The minimum absolute atomic E-state index is 0.549. The zero-order chi connectivity index (χ0) is 15.4. The van der Waals surface area contributed by atoms with Crippen LogP contribution >= 0.6 is 0 Å². The van der Waals surface area contributed by atoms with Crippen LogP contribution in [0, 0.1) is 0 Å². The van der Waals surface area contributed by atoms with E-state index >= 15 is 0 Å². The molecular formula is C20H20N2. The Kier molecular flexibility index (Phi) is 4.19. The summed E-state index contributed by atoms with van der Waals surface area (Å²) in [6, 6.07) is 22.8. The van der Waals surface area contributed by atoms with Crippen molar-refractivity contribution in [1.29, 1.82) is 0 Å². The van der Waals surface area contributed by atoms with Crippen molar-refractivity contribution in [2.24, 2.45) is 4.99 Å². The first-order valence-electron chi connectivity index (χ1n) is 7.61. The van der Waals surface area contributed by atoms with E-state index in [1.54, 1.807) is 0 Å². The summed E-state index contributed by atoms with van der Waals surface area (Å²) >= 11 is 0. The zero-order valence-electron chi connectivity index (χ0n) is 13.0. The Bertz CT molecular complexity index is 750. The van der Waals surface area contributed by atoms with E-state index in [1.165, 1.54) is 5.56 Å². The van der Waals surface area contributed by atoms with Gasteiger partial charge in [-0.05, 0) is 47.9 Å². The molecule has 0 bridgehead atoms. The van der Waals surface area contributed by atoms with Gasteiger partial charge in [0.05, 0.1) is 17.6 Å². The molecule has 1 aromatic heterocycles. The molecule has 0 unspecified atom stereocenters. The first-order chi connectivity index (χ1) is 10.7. The SMILES string of the molecule is CC(C)c1ccc(N=Cc2cccn2-c2ccccc2)cc1. The van der Waals surface area contributed by atoms with Gasteiger partial charge in [-0.3, -0.25) is 4.99 Å². The largest absolute Gasteiger partial charge is 0.316 e. The summed E-state index contributed by atoms with van der Waals surface area (Å²) in [5.41, 5.74) is 4.53. The lowest BCUT2D eigenvalue weighted by Gasteiger charge is -2.06. The van der Waals surface area contributed by atoms with Crippen molar-refractivity contribution in [1.82, 2.24) is 4.57 Å². The fourth-order valence-electron chi connectivity index (χ4n) is 2.41. The molecule has 0 fully saturated rings. The van der Waals surface area contributed by atoms with Gasteiger partial charge in [0, 0.05) is 11.9 Å². The minimum Gasteiger partial charge on any atom is -0.316 e. The Morgan fingerprint density at radius 3 is 2.27 bits per heavy atom. The maximum absolute atomic E-state index is 4.59. The van der Waals surface area contributed by atoms with Crippen molar-refractivity contribution in [2.45, 2.75) is 19.8 Å². The van der Waals surface area contributed by atoms with Crippen LogP contribution in [0.5, 0.6) is 0 Å². The predicted octanol–water partition coefficient (Wildman–Crippen LogP) is 5.35. The van der Waals surface area contributed by atoms with E-state index in [1.807, 2.05) is 30.5 Å². The lowest BCUT2D eigenvalue weighted by atomic mass is 10.0. The molecular weight excluding hydrogens is 268 g/mol. The second kappa shape index (κ2) is 6.44. The average molecular weight is 288 g/mol. The van der Waals surface area contributed by atoms with Gasteiger partial charge in [0.15, 0.2) is 0 Å². The molecule has 110 valence electrons. The molecule has 0 saturated carbocycles. The molecule has 1 heterocycles. The molecule has 2 nitrogen and oxygen atoms in total. The number of para-hydroxylation sites is 1. The molecule has 22 heavy (non-hydrogen) atoms. The van der Waals surface area contributed by atoms with Crippen molar-refractivity contribution in [3.63, 3.8) is 0 Å². The monoisotopic (exact) mass is 288 g/mol. The second-order valence-corrected chi connectivity index (χ2v) is 5.64. The van der Waals surface area contributed by atoms with Crippen LogP contribution in [0.2, 0.25) is 0 Å². The molecule has 0 N–H and O–H groups in total. The van der Waals surface area contributed by atoms with E-state index in [0.717, 1.165) is 17.1 Å². The normalized spacial score (nSPS) is 11.4. The first-order valence-corrected chi connectivity index (χ1v) is 7.61. The van der Waals surface area contributed by atoms with Crippen LogP contribution in [-0.4, -0.2) is 10.8 Å². The van der Waals surface area contributed by atoms with Crippen LogP contribution in [0.15, 0.2) is 77.9 Å². The van der Waals surface area contributed by atoms with Gasteiger partial charge < -0.3 is 4.57 Å². The lowest BCUT2D eigenvalue weighted by molar-refractivity contribution is 0.867. The topological polar surface area (TPSA) is 17.3 Å². The fraction of sp³-hybridized carbons (Fsp3) is 0.150. The van der Waals surface area contributed by atoms with Gasteiger partial charge in [0.1, 0.15) is 0 Å². The Morgan fingerprint density at radius 2 is 1.59 bits per heavy atom. The van der Waals surface area contributed by atoms with Gasteiger partial charge in [-0.1, -0.05) is 44.2 Å². The van der Waals surface area contributed by atoms with Gasteiger partial charge in [0.25, 0.3) is 0 Å². The van der Waals surface area contributed by atoms with Crippen LogP contribution in [0.3, 0.4) is 0 Å². The average Bonchev–Trinajstić information content (AvgIpc) is 3.02. The summed E-state index contributed by atoms with van der Waals surface area (Å²) in [6.07, 6.45) is 3.97. The number of hydrogen-bond donors (Lipinski definition) is 0. The fourth-order valence-corrected chi connectivity index (χ4v) is 2.41. The van der Waals surface area contributed by atoms with Crippen molar-refractivity contribution >= 4 is 11.9 Å². The maximum Gasteiger partial charge on any atom is 0.0639 e. The smallest absolute Gasteiger partial charge is 0.0639 e. The van der Waals surface area contributed by atoms with Crippen LogP contribution in [-0.2, 0) is 0 Å². The van der Waals surface area contributed by atoms with Gasteiger partial charge in [-0.2, -0.15) is 0 Å². The second-order valence-electron chi connectivity index (χ2n) is 5.64. The van der Waals surface area contributed by atoms with Crippen LogP contribution in [0.4, 0.5) is 5.69 Å².